The van der Waals surface area contributed by atoms with Crippen molar-refractivity contribution >= 4 is 5.97 Å². The Labute approximate surface area is 120 Å². The van der Waals surface area contributed by atoms with Crippen molar-refractivity contribution < 1.29 is 14.6 Å². The summed E-state index contributed by atoms with van der Waals surface area (Å²) in [6.45, 7) is 3.96. The van der Waals surface area contributed by atoms with E-state index in [2.05, 4.69) is 5.32 Å². The zero-order valence-corrected chi connectivity index (χ0v) is 12.1. The maximum Gasteiger partial charge on any atom is 0.324 e. The zero-order valence-electron chi connectivity index (χ0n) is 12.1. The van der Waals surface area contributed by atoms with Gasteiger partial charge in [0.1, 0.15) is 17.4 Å². The average molecular weight is 277 g/mol. The number of ether oxygens (including phenoxy) is 1. The summed E-state index contributed by atoms with van der Waals surface area (Å²) in [4.78, 5) is 11.7. The number of carboxylic acids is 1. The predicted molar refractivity (Wildman–Crippen MR) is 78.0 cm³/mol. The van der Waals surface area contributed by atoms with Crippen LogP contribution >= 0.6 is 0 Å². The van der Waals surface area contributed by atoms with Gasteiger partial charge < -0.3 is 9.84 Å². The van der Waals surface area contributed by atoms with Crippen molar-refractivity contribution in [3.63, 3.8) is 0 Å². The van der Waals surface area contributed by atoms with Gasteiger partial charge in [0, 0.05) is 12.5 Å². The number of carbonyl (C=O) groups is 1. The molecule has 2 unspecified atom stereocenters. The summed E-state index contributed by atoms with van der Waals surface area (Å²) in [5.41, 5.74) is -0.855. The molecule has 1 fully saturated rings. The molecule has 1 aliphatic carbocycles. The first-order chi connectivity index (χ1) is 9.52. The van der Waals surface area contributed by atoms with Gasteiger partial charge in [-0.05, 0) is 45.2 Å². The van der Waals surface area contributed by atoms with Gasteiger partial charge in [0.25, 0.3) is 0 Å². The van der Waals surface area contributed by atoms with Crippen LogP contribution in [0.25, 0.3) is 0 Å². The van der Waals surface area contributed by atoms with Gasteiger partial charge in [0.2, 0.25) is 0 Å². The highest BCUT2D eigenvalue weighted by atomic mass is 16.5. The fourth-order valence-electron chi connectivity index (χ4n) is 2.96. The van der Waals surface area contributed by atoms with E-state index in [1.54, 1.807) is 0 Å². The standard InChI is InChI=1S/C16H23NO3/c1-12(2)17-16(15(18)19)10-6-9-14(11-16)20-13-7-4-3-5-8-13/h3-5,7-8,12,14,17H,6,9-11H2,1-2H3,(H,18,19). The summed E-state index contributed by atoms with van der Waals surface area (Å²) in [6, 6.07) is 9.75. The number of nitrogens with one attached hydrogen (secondary N) is 1. The lowest BCUT2D eigenvalue weighted by atomic mass is 9.79. The van der Waals surface area contributed by atoms with Crippen LogP contribution in [0.3, 0.4) is 0 Å². The van der Waals surface area contributed by atoms with E-state index in [0.717, 1.165) is 18.6 Å². The first-order valence-corrected chi connectivity index (χ1v) is 7.25. The maximum absolute atomic E-state index is 11.7. The number of carboxylic acid groups (broad SMARTS) is 1. The van der Waals surface area contributed by atoms with E-state index in [4.69, 9.17) is 4.74 Å². The summed E-state index contributed by atoms with van der Waals surface area (Å²) in [5.74, 6) is 0.0378. The molecule has 110 valence electrons. The van der Waals surface area contributed by atoms with Crippen molar-refractivity contribution in [1.82, 2.24) is 5.32 Å². The molecule has 20 heavy (non-hydrogen) atoms. The first-order valence-electron chi connectivity index (χ1n) is 7.25. The predicted octanol–water partition coefficient (Wildman–Crippen LogP) is 2.83. The Morgan fingerprint density at radius 2 is 2.10 bits per heavy atom. The second-order valence-corrected chi connectivity index (χ2v) is 5.84. The van der Waals surface area contributed by atoms with Gasteiger partial charge in [-0.3, -0.25) is 10.1 Å². The largest absolute Gasteiger partial charge is 0.490 e. The minimum atomic E-state index is -0.855. The highest BCUT2D eigenvalue weighted by molar-refractivity contribution is 5.79. The molecular weight excluding hydrogens is 254 g/mol. The Balaban J connectivity index is 2.08. The van der Waals surface area contributed by atoms with Crippen LogP contribution in [0.5, 0.6) is 5.75 Å². The third-order valence-corrected chi connectivity index (χ3v) is 3.73. The van der Waals surface area contributed by atoms with Crippen LogP contribution in [0.15, 0.2) is 30.3 Å². The van der Waals surface area contributed by atoms with Gasteiger partial charge >= 0.3 is 5.97 Å². The molecule has 0 spiro atoms. The lowest BCUT2D eigenvalue weighted by molar-refractivity contribution is -0.148. The molecule has 0 bridgehead atoms. The normalized spacial score (nSPS) is 26.4. The van der Waals surface area contributed by atoms with E-state index in [0.29, 0.717) is 12.8 Å². The average Bonchev–Trinajstić information content (AvgIpc) is 2.39. The molecule has 4 heteroatoms. The molecule has 0 saturated heterocycles. The molecule has 0 aromatic heterocycles. The van der Waals surface area contributed by atoms with E-state index in [-0.39, 0.29) is 12.1 Å². The van der Waals surface area contributed by atoms with Crippen molar-refractivity contribution in [2.45, 2.75) is 57.2 Å². The fraction of sp³-hybridized carbons (Fsp3) is 0.562. The lowest BCUT2D eigenvalue weighted by Crippen LogP contribution is -2.58. The van der Waals surface area contributed by atoms with Crippen molar-refractivity contribution in [2.24, 2.45) is 0 Å². The minimum absolute atomic E-state index is 0.0477. The van der Waals surface area contributed by atoms with E-state index >= 15 is 0 Å². The van der Waals surface area contributed by atoms with Crippen LogP contribution in [-0.4, -0.2) is 28.8 Å². The third kappa shape index (κ3) is 3.51. The summed E-state index contributed by atoms with van der Waals surface area (Å²) >= 11 is 0. The van der Waals surface area contributed by atoms with Crippen LogP contribution in [0.2, 0.25) is 0 Å². The number of benzene rings is 1. The molecule has 2 rings (SSSR count). The molecule has 0 aliphatic heterocycles. The van der Waals surface area contributed by atoms with Gasteiger partial charge in [0.15, 0.2) is 0 Å². The molecule has 2 N–H and O–H groups in total. The van der Waals surface area contributed by atoms with Gasteiger partial charge in [-0.15, -0.1) is 0 Å². The number of aliphatic carboxylic acids is 1. The first kappa shape index (κ1) is 14.9. The summed E-state index contributed by atoms with van der Waals surface area (Å²) < 4.78 is 5.94. The van der Waals surface area contributed by atoms with Crippen molar-refractivity contribution in [2.75, 3.05) is 0 Å². The van der Waals surface area contributed by atoms with Crippen molar-refractivity contribution in [1.29, 1.82) is 0 Å². The summed E-state index contributed by atoms with van der Waals surface area (Å²) in [6.07, 6.45) is 2.89. The second kappa shape index (κ2) is 6.27. The van der Waals surface area contributed by atoms with Crippen molar-refractivity contribution in [3.8, 4) is 5.75 Å². The van der Waals surface area contributed by atoms with E-state index in [1.807, 2.05) is 44.2 Å². The number of hydrogen-bond donors (Lipinski definition) is 2. The van der Waals surface area contributed by atoms with E-state index < -0.39 is 11.5 Å². The Morgan fingerprint density at radius 3 is 2.70 bits per heavy atom. The summed E-state index contributed by atoms with van der Waals surface area (Å²) in [5, 5.41) is 12.8. The topological polar surface area (TPSA) is 58.6 Å². The Kier molecular flexibility index (Phi) is 4.65. The molecule has 1 saturated carbocycles. The molecule has 1 aliphatic rings. The maximum atomic E-state index is 11.7. The van der Waals surface area contributed by atoms with Crippen LogP contribution in [0.4, 0.5) is 0 Å². The smallest absolute Gasteiger partial charge is 0.324 e. The fourth-order valence-corrected chi connectivity index (χ4v) is 2.96. The Bertz CT molecular complexity index is 446. The molecular formula is C16H23NO3. The molecule has 0 radical (unpaired) electrons. The minimum Gasteiger partial charge on any atom is -0.490 e. The van der Waals surface area contributed by atoms with E-state index in [1.165, 1.54) is 0 Å². The zero-order chi connectivity index (χ0) is 14.6. The lowest BCUT2D eigenvalue weighted by Gasteiger charge is -2.39. The van der Waals surface area contributed by atoms with Crippen LogP contribution < -0.4 is 10.1 Å². The van der Waals surface area contributed by atoms with Crippen LogP contribution in [0.1, 0.15) is 39.5 Å². The Morgan fingerprint density at radius 1 is 1.40 bits per heavy atom. The number of para-hydroxylation sites is 1. The third-order valence-electron chi connectivity index (χ3n) is 3.73. The molecule has 0 amide bonds. The second-order valence-electron chi connectivity index (χ2n) is 5.84. The van der Waals surface area contributed by atoms with Gasteiger partial charge in [-0.1, -0.05) is 18.2 Å². The quantitative estimate of drug-likeness (QED) is 0.869. The van der Waals surface area contributed by atoms with Crippen LogP contribution in [-0.2, 0) is 4.79 Å². The monoisotopic (exact) mass is 277 g/mol. The van der Waals surface area contributed by atoms with Gasteiger partial charge in [-0.2, -0.15) is 0 Å². The molecule has 0 heterocycles. The highest BCUT2D eigenvalue weighted by Crippen LogP contribution is 2.32. The van der Waals surface area contributed by atoms with Gasteiger partial charge in [0.05, 0.1) is 0 Å². The van der Waals surface area contributed by atoms with Crippen molar-refractivity contribution in [3.05, 3.63) is 30.3 Å². The van der Waals surface area contributed by atoms with E-state index in [9.17, 15) is 9.90 Å². The molecule has 1 aromatic rings. The Hall–Kier alpha value is -1.55. The van der Waals surface area contributed by atoms with Crippen LogP contribution in [0, 0.1) is 0 Å². The summed E-state index contributed by atoms with van der Waals surface area (Å²) in [7, 11) is 0. The molecule has 2 atom stereocenters. The SMILES string of the molecule is CC(C)NC1(C(=O)O)CCCC(Oc2ccccc2)C1. The highest BCUT2D eigenvalue weighted by Gasteiger charge is 2.44. The van der Waals surface area contributed by atoms with Gasteiger partial charge in [-0.25, -0.2) is 0 Å². The number of hydrogen-bond acceptors (Lipinski definition) is 3. The molecule has 1 aromatic carbocycles. The molecule has 4 nitrogen and oxygen atoms in total. The number of rotatable bonds is 5.